The van der Waals surface area contributed by atoms with Gasteiger partial charge in [0, 0.05) is 18.3 Å². The maximum atomic E-state index is 12.0. The molecule has 2 N–H and O–H groups in total. The summed E-state index contributed by atoms with van der Waals surface area (Å²) in [5.74, 6) is 0.424. The summed E-state index contributed by atoms with van der Waals surface area (Å²) in [4.78, 5) is 23.3. The fourth-order valence-electron chi connectivity index (χ4n) is 2.04. The van der Waals surface area contributed by atoms with Crippen molar-refractivity contribution >= 4 is 11.6 Å². The number of aromatic nitrogens is 3. The lowest BCUT2D eigenvalue weighted by Crippen LogP contribution is -2.31. The van der Waals surface area contributed by atoms with Gasteiger partial charge < -0.3 is 10.3 Å². The molecular weight excluding hydrogens is 252 g/mol. The van der Waals surface area contributed by atoms with E-state index in [9.17, 15) is 4.79 Å². The maximum absolute atomic E-state index is 12.0. The van der Waals surface area contributed by atoms with Gasteiger partial charge in [-0.05, 0) is 25.1 Å². The Hall–Kier alpha value is -1.72. The van der Waals surface area contributed by atoms with E-state index in [1.165, 1.54) is 0 Å². The van der Waals surface area contributed by atoms with Crippen molar-refractivity contribution in [3.05, 3.63) is 45.0 Å². The fourth-order valence-corrected chi connectivity index (χ4v) is 2.25. The van der Waals surface area contributed by atoms with E-state index in [1.807, 2.05) is 0 Å². The Labute approximate surface area is 108 Å². The molecule has 0 spiro atoms. The summed E-state index contributed by atoms with van der Waals surface area (Å²) in [5.41, 5.74) is 1.94. The normalized spacial score (nSPS) is 14.3. The highest BCUT2D eigenvalue weighted by Crippen LogP contribution is 2.22. The van der Waals surface area contributed by atoms with Gasteiger partial charge in [-0.3, -0.25) is 9.78 Å². The average molecular weight is 263 g/mol. The molecule has 18 heavy (non-hydrogen) atoms. The van der Waals surface area contributed by atoms with Crippen LogP contribution in [0.3, 0.4) is 0 Å². The summed E-state index contributed by atoms with van der Waals surface area (Å²) < 4.78 is 0. The summed E-state index contributed by atoms with van der Waals surface area (Å²) >= 11 is 6.05. The monoisotopic (exact) mass is 262 g/mol. The van der Waals surface area contributed by atoms with E-state index in [1.54, 1.807) is 18.3 Å². The number of pyridine rings is 1. The number of aromatic amines is 1. The highest BCUT2D eigenvalue weighted by molar-refractivity contribution is 6.32. The van der Waals surface area contributed by atoms with Crippen LogP contribution in [0.2, 0.25) is 5.02 Å². The predicted molar refractivity (Wildman–Crippen MR) is 68.5 cm³/mol. The molecule has 0 radical (unpaired) electrons. The number of halogens is 1. The van der Waals surface area contributed by atoms with Gasteiger partial charge in [-0.2, -0.15) is 0 Å². The van der Waals surface area contributed by atoms with Gasteiger partial charge in [-0.25, -0.2) is 4.98 Å². The van der Waals surface area contributed by atoms with Crippen molar-refractivity contribution in [3.8, 4) is 11.5 Å². The summed E-state index contributed by atoms with van der Waals surface area (Å²) in [6.45, 7) is 1.41. The molecule has 92 valence electrons. The zero-order valence-electron chi connectivity index (χ0n) is 9.53. The van der Waals surface area contributed by atoms with Gasteiger partial charge in [0.25, 0.3) is 5.56 Å². The summed E-state index contributed by atoms with van der Waals surface area (Å²) in [5, 5.41) is 3.67. The number of H-pyrrole nitrogens is 1. The van der Waals surface area contributed by atoms with Crippen molar-refractivity contribution in [1.82, 2.24) is 20.3 Å². The van der Waals surface area contributed by atoms with Gasteiger partial charge in [0.05, 0.1) is 10.7 Å². The van der Waals surface area contributed by atoms with Crippen molar-refractivity contribution in [2.75, 3.05) is 6.54 Å². The van der Waals surface area contributed by atoms with Gasteiger partial charge in [0.15, 0.2) is 5.82 Å². The fraction of sp³-hybridized carbons (Fsp3) is 0.250. The van der Waals surface area contributed by atoms with Crippen LogP contribution >= 0.6 is 11.6 Å². The van der Waals surface area contributed by atoms with Crippen molar-refractivity contribution in [2.24, 2.45) is 0 Å². The molecule has 6 heteroatoms. The van der Waals surface area contributed by atoms with Crippen LogP contribution in [0, 0.1) is 0 Å². The van der Waals surface area contributed by atoms with E-state index in [0.29, 0.717) is 29.5 Å². The molecule has 1 aliphatic rings. The molecule has 2 aromatic rings. The summed E-state index contributed by atoms with van der Waals surface area (Å²) in [6, 6.07) is 3.46. The Bertz CT molecular complexity index is 653. The van der Waals surface area contributed by atoms with E-state index in [-0.39, 0.29) is 5.56 Å². The molecule has 0 atom stereocenters. The first-order valence-corrected chi connectivity index (χ1v) is 6.07. The highest BCUT2D eigenvalue weighted by atomic mass is 35.5. The number of hydrogen-bond acceptors (Lipinski definition) is 4. The number of fused-ring (bicyclic) bond motifs is 1. The van der Waals surface area contributed by atoms with E-state index in [0.717, 1.165) is 17.8 Å². The lowest BCUT2D eigenvalue weighted by atomic mass is 10.1. The minimum atomic E-state index is -0.0989. The lowest BCUT2D eigenvalue weighted by molar-refractivity contribution is 0.619. The average Bonchev–Trinajstić information content (AvgIpc) is 2.39. The summed E-state index contributed by atoms with van der Waals surface area (Å²) in [6.07, 6.45) is 2.33. The summed E-state index contributed by atoms with van der Waals surface area (Å²) in [7, 11) is 0. The Kier molecular flexibility index (Phi) is 2.85. The molecule has 0 fully saturated rings. The molecule has 0 aliphatic carbocycles. The minimum absolute atomic E-state index is 0.0989. The van der Waals surface area contributed by atoms with Crippen molar-refractivity contribution in [3.63, 3.8) is 0 Å². The first-order valence-electron chi connectivity index (χ1n) is 5.69. The van der Waals surface area contributed by atoms with E-state index in [4.69, 9.17) is 11.6 Å². The molecule has 0 saturated heterocycles. The molecular formula is C12H11ClN4O. The van der Waals surface area contributed by atoms with Gasteiger partial charge >= 0.3 is 0 Å². The Morgan fingerprint density at radius 3 is 3.11 bits per heavy atom. The molecule has 2 aromatic heterocycles. The minimum Gasteiger partial charge on any atom is -0.311 e. The van der Waals surface area contributed by atoms with Crippen LogP contribution in [0.1, 0.15) is 11.3 Å². The SMILES string of the molecule is O=c1[nH]c(-c2ncccc2Cl)nc2c1CCNC2. The molecule has 0 unspecified atom stereocenters. The molecule has 0 bridgehead atoms. The molecule has 0 aromatic carbocycles. The quantitative estimate of drug-likeness (QED) is 0.808. The Morgan fingerprint density at radius 2 is 2.28 bits per heavy atom. The van der Waals surface area contributed by atoms with Gasteiger partial charge in [-0.1, -0.05) is 11.6 Å². The van der Waals surface area contributed by atoms with Gasteiger partial charge in [-0.15, -0.1) is 0 Å². The second-order valence-electron chi connectivity index (χ2n) is 4.10. The van der Waals surface area contributed by atoms with E-state index < -0.39 is 0 Å². The standard InChI is InChI=1S/C12H11ClN4O/c13-8-2-1-4-15-10(8)11-16-9-6-14-5-3-7(9)12(18)17-11/h1-2,4,14H,3,5-6H2,(H,16,17,18). The van der Waals surface area contributed by atoms with Crippen LogP contribution in [0.15, 0.2) is 23.1 Å². The topological polar surface area (TPSA) is 70.7 Å². The highest BCUT2D eigenvalue weighted by Gasteiger charge is 2.17. The van der Waals surface area contributed by atoms with Gasteiger partial charge in [0.1, 0.15) is 5.69 Å². The number of nitrogens with one attached hydrogen (secondary N) is 2. The van der Waals surface area contributed by atoms with Gasteiger partial charge in [0.2, 0.25) is 0 Å². The van der Waals surface area contributed by atoms with Crippen molar-refractivity contribution in [1.29, 1.82) is 0 Å². The van der Waals surface area contributed by atoms with Crippen LogP contribution in [-0.4, -0.2) is 21.5 Å². The second-order valence-corrected chi connectivity index (χ2v) is 4.51. The maximum Gasteiger partial charge on any atom is 0.254 e. The molecule has 3 rings (SSSR count). The second kappa shape index (κ2) is 4.51. The lowest BCUT2D eigenvalue weighted by Gasteiger charge is -2.15. The molecule has 0 amide bonds. The van der Waals surface area contributed by atoms with Crippen LogP contribution in [0.5, 0.6) is 0 Å². The zero-order valence-corrected chi connectivity index (χ0v) is 10.3. The van der Waals surface area contributed by atoms with Crippen molar-refractivity contribution in [2.45, 2.75) is 13.0 Å². The Balaban J connectivity index is 2.17. The molecule has 0 saturated carbocycles. The molecule has 1 aliphatic heterocycles. The van der Waals surface area contributed by atoms with Crippen molar-refractivity contribution < 1.29 is 0 Å². The molecule has 5 nitrogen and oxygen atoms in total. The van der Waals surface area contributed by atoms with Crippen LogP contribution < -0.4 is 10.9 Å². The van der Waals surface area contributed by atoms with Crippen LogP contribution in [0.25, 0.3) is 11.5 Å². The largest absolute Gasteiger partial charge is 0.311 e. The first kappa shape index (κ1) is 11.4. The predicted octanol–water partition coefficient (Wildman–Crippen LogP) is 1.13. The van der Waals surface area contributed by atoms with Crippen LogP contribution in [-0.2, 0) is 13.0 Å². The smallest absolute Gasteiger partial charge is 0.254 e. The third-order valence-electron chi connectivity index (χ3n) is 2.93. The number of rotatable bonds is 1. The van der Waals surface area contributed by atoms with Crippen LogP contribution in [0.4, 0.5) is 0 Å². The zero-order chi connectivity index (χ0) is 12.5. The first-order chi connectivity index (χ1) is 8.75. The Morgan fingerprint density at radius 1 is 1.39 bits per heavy atom. The van der Waals surface area contributed by atoms with E-state index in [2.05, 4.69) is 20.3 Å². The third-order valence-corrected chi connectivity index (χ3v) is 3.23. The number of hydrogen-bond donors (Lipinski definition) is 2. The number of nitrogens with zero attached hydrogens (tertiary/aromatic N) is 2. The molecule has 3 heterocycles. The van der Waals surface area contributed by atoms with E-state index >= 15 is 0 Å². The third kappa shape index (κ3) is 1.91.